The van der Waals surface area contributed by atoms with Crippen molar-refractivity contribution in [1.82, 2.24) is 15.0 Å². The van der Waals surface area contributed by atoms with Crippen molar-refractivity contribution in [3.05, 3.63) is 52.5 Å². The summed E-state index contributed by atoms with van der Waals surface area (Å²) in [7, 11) is 1.46. The van der Waals surface area contributed by atoms with Crippen LogP contribution in [0.3, 0.4) is 0 Å². The lowest BCUT2D eigenvalue weighted by atomic mass is 10.1. The lowest BCUT2D eigenvalue weighted by Gasteiger charge is -2.05. The van der Waals surface area contributed by atoms with Gasteiger partial charge in [-0.25, -0.2) is 4.98 Å². The molecule has 2 aromatic heterocycles. The molecule has 5 nitrogen and oxygen atoms in total. The number of rotatable bonds is 3. The third-order valence-electron chi connectivity index (χ3n) is 2.18. The minimum absolute atomic E-state index is 0.256. The van der Waals surface area contributed by atoms with Gasteiger partial charge in [0.1, 0.15) is 0 Å². The van der Waals surface area contributed by atoms with Crippen LogP contribution in [-0.2, 0) is 6.42 Å². The summed E-state index contributed by atoms with van der Waals surface area (Å²) in [5.41, 5.74) is 1.33. The number of hydrogen-bond acceptors (Lipinski definition) is 4. The highest BCUT2D eigenvalue weighted by molar-refractivity contribution is 5.28. The van der Waals surface area contributed by atoms with Crippen molar-refractivity contribution in [2.75, 3.05) is 7.11 Å². The van der Waals surface area contributed by atoms with E-state index >= 15 is 0 Å². The molecule has 0 atom stereocenters. The summed E-state index contributed by atoms with van der Waals surface area (Å²) in [5.74, 6) is 0.256. The van der Waals surface area contributed by atoms with Crippen molar-refractivity contribution in [2.45, 2.75) is 6.42 Å². The maximum atomic E-state index is 11.4. The molecule has 0 aliphatic carbocycles. The molecule has 2 aromatic rings. The molecule has 0 bridgehead atoms. The Bertz CT molecular complexity index is 522. The summed E-state index contributed by atoms with van der Waals surface area (Å²) >= 11 is 0. The Balaban J connectivity index is 2.35. The van der Waals surface area contributed by atoms with Crippen LogP contribution in [-0.4, -0.2) is 22.1 Å². The van der Waals surface area contributed by atoms with Crippen molar-refractivity contribution >= 4 is 0 Å². The molecule has 0 unspecified atom stereocenters. The fourth-order valence-electron chi connectivity index (χ4n) is 1.46. The molecule has 0 saturated carbocycles. The first-order chi connectivity index (χ1) is 7.81. The monoisotopic (exact) mass is 217 g/mol. The highest BCUT2D eigenvalue weighted by Gasteiger charge is 2.09. The van der Waals surface area contributed by atoms with Gasteiger partial charge in [-0.15, -0.1) is 0 Å². The van der Waals surface area contributed by atoms with E-state index in [2.05, 4.69) is 15.0 Å². The highest BCUT2D eigenvalue weighted by Crippen LogP contribution is 2.12. The minimum atomic E-state index is -0.267. The number of ether oxygens (including phenoxy) is 1. The molecular weight excluding hydrogens is 206 g/mol. The summed E-state index contributed by atoms with van der Waals surface area (Å²) in [6.07, 6.45) is 5.34. The van der Waals surface area contributed by atoms with Crippen LogP contribution in [0.2, 0.25) is 0 Å². The number of nitrogens with one attached hydrogen (secondary N) is 1. The van der Waals surface area contributed by atoms with Gasteiger partial charge in [-0.3, -0.25) is 9.78 Å². The molecule has 1 N–H and O–H groups in total. The number of pyridine rings is 1. The Morgan fingerprint density at radius 1 is 1.50 bits per heavy atom. The number of hydrogen-bond donors (Lipinski definition) is 1. The zero-order valence-corrected chi connectivity index (χ0v) is 8.80. The summed E-state index contributed by atoms with van der Waals surface area (Å²) in [6.45, 7) is 0. The van der Waals surface area contributed by atoms with E-state index in [1.54, 1.807) is 12.4 Å². The minimum Gasteiger partial charge on any atom is -0.490 e. The van der Waals surface area contributed by atoms with Gasteiger partial charge in [-0.1, -0.05) is 6.07 Å². The summed E-state index contributed by atoms with van der Waals surface area (Å²) < 4.78 is 5.02. The zero-order chi connectivity index (χ0) is 11.4. The number of aromatic amines is 1. The van der Waals surface area contributed by atoms with Gasteiger partial charge >= 0.3 is 0 Å². The number of nitrogens with zero attached hydrogens (tertiary/aromatic N) is 2. The van der Waals surface area contributed by atoms with Crippen LogP contribution in [0.25, 0.3) is 0 Å². The van der Waals surface area contributed by atoms with E-state index in [1.165, 1.54) is 13.4 Å². The predicted octanol–water partition coefficient (Wildman–Crippen LogP) is 0.764. The first kappa shape index (κ1) is 10.4. The van der Waals surface area contributed by atoms with Gasteiger partial charge in [0.05, 0.1) is 19.1 Å². The Morgan fingerprint density at radius 3 is 3.06 bits per heavy atom. The predicted molar refractivity (Wildman–Crippen MR) is 58.5 cm³/mol. The van der Waals surface area contributed by atoms with Crippen molar-refractivity contribution in [3.63, 3.8) is 0 Å². The van der Waals surface area contributed by atoms with Crippen LogP contribution >= 0.6 is 0 Å². The molecule has 82 valence electrons. The largest absolute Gasteiger partial charge is 0.490 e. The third kappa shape index (κ3) is 2.08. The van der Waals surface area contributed by atoms with Crippen LogP contribution in [0.15, 0.2) is 35.6 Å². The summed E-state index contributed by atoms with van der Waals surface area (Å²) in [5, 5.41) is 0. The topological polar surface area (TPSA) is 67.9 Å². The van der Waals surface area contributed by atoms with Crippen LogP contribution < -0.4 is 10.3 Å². The van der Waals surface area contributed by atoms with Gasteiger partial charge in [0.25, 0.3) is 5.56 Å². The maximum absolute atomic E-state index is 11.4. The Kier molecular flexibility index (Phi) is 2.95. The number of aromatic nitrogens is 3. The highest BCUT2D eigenvalue weighted by atomic mass is 16.5. The molecule has 16 heavy (non-hydrogen) atoms. The number of methoxy groups -OCH3 is 1. The van der Waals surface area contributed by atoms with Gasteiger partial charge in [0.15, 0.2) is 0 Å². The Hall–Kier alpha value is -2.17. The summed E-state index contributed by atoms with van der Waals surface area (Å²) in [6, 6.07) is 3.77. The van der Waals surface area contributed by atoms with Crippen molar-refractivity contribution in [3.8, 4) is 5.75 Å². The van der Waals surface area contributed by atoms with E-state index in [-0.39, 0.29) is 11.3 Å². The lowest BCUT2D eigenvalue weighted by molar-refractivity contribution is 0.400. The van der Waals surface area contributed by atoms with Crippen LogP contribution in [0.1, 0.15) is 11.3 Å². The molecule has 0 radical (unpaired) electrons. The van der Waals surface area contributed by atoms with Crippen LogP contribution in [0.5, 0.6) is 5.75 Å². The maximum Gasteiger partial charge on any atom is 0.293 e. The third-order valence-corrected chi connectivity index (χ3v) is 2.18. The molecule has 5 heteroatoms. The van der Waals surface area contributed by atoms with Crippen molar-refractivity contribution in [1.29, 1.82) is 0 Å². The standard InChI is InChI=1S/C11H11N3O2/c1-16-10-9(13-7-14-11(10)15)5-8-3-2-4-12-6-8/h2-4,6-7H,5H2,1H3,(H,13,14,15). The Morgan fingerprint density at radius 2 is 2.38 bits per heavy atom. The van der Waals surface area contributed by atoms with Gasteiger partial charge in [0, 0.05) is 18.8 Å². The normalized spacial score (nSPS) is 10.1. The van der Waals surface area contributed by atoms with E-state index in [1.807, 2.05) is 12.1 Å². The first-order valence-corrected chi connectivity index (χ1v) is 4.80. The fourth-order valence-corrected chi connectivity index (χ4v) is 1.46. The van der Waals surface area contributed by atoms with Gasteiger partial charge in [-0.05, 0) is 11.6 Å². The van der Waals surface area contributed by atoms with Crippen molar-refractivity contribution in [2.24, 2.45) is 0 Å². The van der Waals surface area contributed by atoms with Gasteiger partial charge in [0.2, 0.25) is 5.75 Å². The SMILES string of the molecule is COc1c(Cc2cccnc2)nc[nH]c1=O. The van der Waals surface area contributed by atoms with Crippen molar-refractivity contribution < 1.29 is 4.74 Å². The van der Waals surface area contributed by atoms with Gasteiger partial charge < -0.3 is 9.72 Å². The molecule has 0 amide bonds. The quantitative estimate of drug-likeness (QED) is 0.824. The van der Waals surface area contributed by atoms with Gasteiger partial charge in [-0.2, -0.15) is 0 Å². The molecule has 0 aliphatic heterocycles. The molecule has 0 spiro atoms. The van der Waals surface area contributed by atoms with E-state index < -0.39 is 0 Å². The molecule has 0 fully saturated rings. The van der Waals surface area contributed by atoms with Crippen LogP contribution in [0.4, 0.5) is 0 Å². The van der Waals surface area contributed by atoms with E-state index in [0.29, 0.717) is 12.1 Å². The smallest absolute Gasteiger partial charge is 0.293 e. The average molecular weight is 217 g/mol. The molecular formula is C11H11N3O2. The zero-order valence-electron chi connectivity index (χ0n) is 8.80. The average Bonchev–Trinajstić information content (AvgIpc) is 2.31. The van der Waals surface area contributed by atoms with E-state index in [4.69, 9.17) is 4.74 Å². The van der Waals surface area contributed by atoms with E-state index in [0.717, 1.165) is 5.56 Å². The molecule has 0 aromatic carbocycles. The molecule has 0 saturated heterocycles. The van der Waals surface area contributed by atoms with Crippen LogP contribution in [0, 0.1) is 0 Å². The fraction of sp³-hybridized carbons (Fsp3) is 0.182. The second-order valence-corrected chi connectivity index (χ2v) is 3.25. The second-order valence-electron chi connectivity index (χ2n) is 3.25. The molecule has 2 rings (SSSR count). The summed E-state index contributed by atoms with van der Waals surface area (Å²) in [4.78, 5) is 22.0. The number of H-pyrrole nitrogens is 1. The molecule has 0 aliphatic rings. The van der Waals surface area contributed by atoms with E-state index in [9.17, 15) is 4.79 Å². The lowest BCUT2D eigenvalue weighted by Crippen LogP contribution is -2.13. The molecule has 2 heterocycles. The second kappa shape index (κ2) is 4.57. The Labute approximate surface area is 92.2 Å². The first-order valence-electron chi connectivity index (χ1n) is 4.80.